The van der Waals surface area contributed by atoms with E-state index >= 15 is 0 Å². The van der Waals surface area contributed by atoms with E-state index < -0.39 is 0 Å². The van der Waals surface area contributed by atoms with Crippen LogP contribution in [0.5, 0.6) is 0 Å². The molecule has 2 aliphatic rings. The first-order chi connectivity index (χ1) is 5.79. The molecule has 2 heterocycles. The number of hydrogen-bond donors (Lipinski definition) is 0. The molecule has 4 heteroatoms. The highest BCUT2D eigenvalue weighted by atomic mass is 16.6. The summed E-state index contributed by atoms with van der Waals surface area (Å²) in [4.78, 5) is 19.9. The first kappa shape index (κ1) is 9.03. The highest BCUT2D eigenvalue weighted by molar-refractivity contribution is 5.73. The van der Waals surface area contributed by atoms with Crippen LogP contribution in [0, 0.1) is 0 Å². The van der Waals surface area contributed by atoms with Gasteiger partial charge in [-0.05, 0) is 12.8 Å². The Bertz CT molecular complexity index is 162. The van der Waals surface area contributed by atoms with Crippen molar-refractivity contribution in [1.29, 1.82) is 0 Å². The first-order valence-electron chi connectivity index (χ1n) is 4.10. The Morgan fingerprint density at radius 3 is 1.58 bits per heavy atom. The number of ether oxygens (including phenoxy) is 2. The van der Waals surface area contributed by atoms with E-state index in [1.54, 1.807) is 0 Å². The zero-order valence-electron chi connectivity index (χ0n) is 6.88. The third-order valence-electron chi connectivity index (χ3n) is 1.61. The number of carbonyl (C=O) groups excluding carboxylic acids is 2. The van der Waals surface area contributed by atoms with Crippen molar-refractivity contribution in [2.45, 2.75) is 25.7 Å². The van der Waals surface area contributed by atoms with Gasteiger partial charge in [-0.25, -0.2) is 0 Å². The summed E-state index contributed by atoms with van der Waals surface area (Å²) in [7, 11) is 0. The van der Waals surface area contributed by atoms with Gasteiger partial charge in [0.2, 0.25) is 0 Å². The maximum absolute atomic E-state index is 10.2. The second kappa shape index (κ2) is 4.74. The molecular formula is C8H12O4. The van der Waals surface area contributed by atoms with Crippen molar-refractivity contribution in [1.82, 2.24) is 0 Å². The largest absolute Gasteiger partial charge is 0.466 e. The van der Waals surface area contributed by atoms with Gasteiger partial charge < -0.3 is 9.47 Å². The van der Waals surface area contributed by atoms with Crippen molar-refractivity contribution < 1.29 is 19.1 Å². The molecule has 2 saturated heterocycles. The van der Waals surface area contributed by atoms with Crippen molar-refractivity contribution in [3.8, 4) is 0 Å². The molecule has 0 aromatic rings. The van der Waals surface area contributed by atoms with Crippen LogP contribution in [0.15, 0.2) is 0 Å². The minimum absolute atomic E-state index is 0.0359. The normalized spacial score (nSPS) is 21.0. The summed E-state index contributed by atoms with van der Waals surface area (Å²) in [6.45, 7) is 1.28. The number of carbonyl (C=O) groups is 2. The van der Waals surface area contributed by atoms with E-state index in [0.29, 0.717) is 26.1 Å². The van der Waals surface area contributed by atoms with E-state index in [1.165, 1.54) is 0 Å². The van der Waals surface area contributed by atoms with Crippen molar-refractivity contribution in [3.05, 3.63) is 0 Å². The van der Waals surface area contributed by atoms with Crippen LogP contribution in [-0.4, -0.2) is 25.2 Å². The second-order valence-corrected chi connectivity index (χ2v) is 2.65. The lowest BCUT2D eigenvalue weighted by Gasteiger charge is -2.09. The zero-order chi connectivity index (χ0) is 8.81. The number of cyclic esters (lactones) is 2. The molecule has 0 aliphatic carbocycles. The molecule has 2 rings (SSSR count). The summed E-state index contributed by atoms with van der Waals surface area (Å²) in [5.41, 5.74) is 0. The lowest BCUT2D eigenvalue weighted by molar-refractivity contribution is -0.157. The zero-order valence-corrected chi connectivity index (χ0v) is 6.88. The van der Waals surface area contributed by atoms with E-state index in [0.717, 1.165) is 12.8 Å². The maximum atomic E-state index is 10.2. The average Bonchev–Trinajstić information content (AvgIpc) is 2.04. The van der Waals surface area contributed by atoms with Crippen molar-refractivity contribution in [2.24, 2.45) is 0 Å². The molecule has 0 spiro atoms. The number of hydrogen-bond acceptors (Lipinski definition) is 4. The van der Waals surface area contributed by atoms with Crippen molar-refractivity contribution >= 4 is 11.9 Å². The molecule has 12 heavy (non-hydrogen) atoms. The van der Waals surface area contributed by atoms with Crippen LogP contribution in [0.4, 0.5) is 0 Å². The van der Waals surface area contributed by atoms with E-state index in [4.69, 9.17) is 0 Å². The van der Waals surface area contributed by atoms with Crippen LogP contribution < -0.4 is 0 Å². The Balaban J connectivity index is 0.000000127. The van der Waals surface area contributed by atoms with Crippen LogP contribution in [0.1, 0.15) is 25.7 Å². The molecule has 0 aromatic heterocycles. The Morgan fingerprint density at radius 2 is 1.42 bits per heavy atom. The lowest BCUT2D eigenvalue weighted by Crippen LogP contribution is -2.18. The first-order valence-corrected chi connectivity index (χ1v) is 4.10. The molecule has 0 amide bonds. The SMILES string of the molecule is O=C1CCCCO1.O=C1CCO1. The number of esters is 2. The highest BCUT2D eigenvalue weighted by Crippen LogP contribution is 2.04. The fourth-order valence-electron chi connectivity index (χ4n) is 0.815. The van der Waals surface area contributed by atoms with Gasteiger partial charge in [0.05, 0.1) is 13.0 Å². The van der Waals surface area contributed by atoms with Gasteiger partial charge in [0.15, 0.2) is 0 Å². The van der Waals surface area contributed by atoms with Gasteiger partial charge in [-0.15, -0.1) is 0 Å². The Kier molecular flexibility index (Phi) is 3.57. The molecule has 0 radical (unpaired) electrons. The summed E-state index contributed by atoms with van der Waals surface area (Å²) in [5.74, 6) is -0.101. The van der Waals surface area contributed by atoms with E-state index in [-0.39, 0.29) is 11.9 Å². The average molecular weight is 172 g/mol. The lowest BCUT2D eigenvalue weighted by atomic mass is 10.2. The summed E-state index contributed by atoms with van der Waals surface area (Å²) >= 11 is 0. The van der Waals surface area contributed by atoms with E-state index in [9.17, 15) is 9.59 Å². The molecular weight excluding hydrogens is 160 g/mol. The van der Waals surface area contributed by atoms with E-state index in [1.807, 2.05) is 0 Å². The van der Waals surface area contributed by atoms with Crippen molar-refractivity contribution in [3.63, 3.8) is 0 Å². The van der Waals surface area contributed by atoms with Gasteiger partial charge in [-0.1, -0.05) is 0 Å². The molecule has 0 atom stereocenters. The molecule has 2 fully saturated rings. The summed E-state index contributed by atoms with van der Waals surface area (Å²) in [6, 6.07) is 0. The van der Waals surface area contributed by atoms with Gasteiger partial charge in [-0.3, -0.25) is 9.59 Å². The Labute approximate surface area is 70.8 Å². The standard InChI is InChI=1S/C5H8O2.C3H4O2/c6-5-3-1-2-4-7-5;4-3-1-2-5-3/h1-4H2;1-2H2. The van der Waals surface area contributed by atoms with Gasteiger partial charge >= 0.3 is 11.9 Å². The van der Waals surface area contributed by atoms with Gasteiger partial charge in [-0.2, -0.15) is 0 Å². The fourth-order valence-corrected chi connectivity index (χ4v) is 0.815. The fraction of sp³-hybridized carbons (Fsp3) is 0.750. The van der Waals surface area contributed by atoms with Crippen LogP contribution in [0.3, 0.4) is 0 Å². The number of rotatable bonds is 0. The van der Waals surface area contributed by atoms with Crippen LogP contribution in [0.25, 0.3) is 0 Å². The van der Waals surface area contributed by atoms with Crippen LogP contribution >= 0.6 is 0 Å². The van der Waals surface area contributed by atoms with Crippen molar-refractivity contribution in [2.75, 3.05) is 13.2 Å². The van der Waals surface area contributed by atoms with E-state index in [2.05, 4.69) is 9.47 Å². The molecule has 4 nitrogen and oxygen atoms in total. The van der Waals surface area contributed by atoms with Crippen LogP contribution in [0.2, 0.25) is 0 Å². The Morgan fingerprint density at radius 1 is 0.833 bits per heavy atom. The minimum Gasteiger partial charge on any atom is -0.466 e. The minimum atomic E-state index is -0.0648. The third-order valence-corrected chi connectivity index (χ3v) is 1.61. The van der Waals surface area contributed by atoms with Gasteiger partial charge in [0.1, 0.15) is 6.61 Å². The predicted molar refractivity (Wildman–Crippen MR) is 40.4 cm³/mol. The maximum Gasteiger partial charge on any atom is 0.309 e. The molecule has 0 bridgehead atoms. The summed E-state index contributed by atoms with van der Waals surface area (Å²) < 4.78 is 8.93. The molecule has 0 N–H and O–H groups in total. The topological polar surface area (TPSA) is 52.6 Å². The molecule has 0 unspecified atom stereocenters. The van der Waals surface area contributed by atoms with Crippen LogP contribution in [-0.2, 0) is 19.1 Å². The molecule has 0 saturated carbocycles. The molecule has 68 valence electrons. The summed E-state index contributed by atoms with van der Waals surface area (Å²) in [5, 5.41) is 0. The second-order valence-electron chi connectivity index (χ2n) is 2.65. The highest BCUT2D eigenvalue weighted by Gasteiger charge is 2.11. The summed E-state index contributed by atoms with van der Waals surface area (Å²) in [6.07, 6.45) is 3.31. The van der Waals surface area contributed by atoms with Gasteiger partial charge in [0, 0.05) is 6.42 Å². The quantitative estimate of drug-likeness (QED) is 0.503. The molecule has 2 aliphatic heterocycles. The smallest absolute Gasteiger partial charge is 0.309 e. The third kappa shape index (κ3) is 3.37. The predicted octanol–water partition coefficient (Wildman–Crippen LogP) is 0.647. The molecule has 0 aromatic carbocycles. The monoisotopic (exact) mass is 172 g/mol. The van der Waals surface area contributed by atoms with Gasteiger partial charge in [0.25, 0.3) is 0 Å². The Hall–Kier alpha value is -1.06.